The number of nitrogens with two attached hydrogens (primary N) is 1. The molecule has 2 aromatic rings. The average Bonchev–Trinajstić information content (AvgIpc) is 2.45. The second kappa shape index (κ2) is 6.43. The third kappa shape index (κ3) is 3.72. The maximum Gasteiger partial charge on any atom is 0.241 e. The summed E-state index contributed by atoms with van der Waals surface area (Å²) in [6.45, 7) is 3.98. The van der Waals surface area contributed by atoms with Gasteiger partial charge in [-0.05, 0) is 37.2 Å². The molecule has 114 valence electrons. The molecule has 0 fully saturated rings. The fraction of sp³-hybridized carbons (Fsp3) is 0.333. The summed E-state index contributed by atoms with van der Waals surface area (Å²) in [5, 5.41) is 1.51. The molecule has 0 heterocycles. The van der Waals surface area contributed by atoms with Gasteiger partial charge in [-0.15, -0.1) is 0 Å². The highest BCUT2D eigenvalue weighted by molar-refractivity contribution is 7.89. The highest BCUT2D eigenvalue weighted by Crippen LogP contribution is 2.24. The third-order valence-electron chi connectivity index (χ3n) is 3.48. The number of likely N-dealkylation sites (N-methyl/N-ethyl adjacent to an activating group) is 1. The van der Waals surface area contributed by atoms with Crippen LogP contribution in [0.1, 0.15) is 6.92 Å². The molecule has 0 amide bonds. The first-order chi connectivity index (χ1) is 9.94. The van der Waals surface area contributed by atoms with Gasteiger partial charge >= 0.3 is 0 Å². The van der Waals surface area contributed by atoms with Gasteiger partial charge in [0.15, 0.2) is 0 Å². The summed E-state index contributed by atoms with van der Waals surface area (Å²) in [4.78, 5) is 2.34. The third-order valence-corrected chi connectivity index (χ3v) is 5.00. The number of nitrogen functional groups attached to an aromatic ring is 1. The van der Waals surface area contributed by atoms with Crippen molar-refractivity contribution in [1.29, 1.82) is 0 Å². The first kappa shape index (κ1) is 15.8. The van der Waals surface area contributed by atoms with Gasteiger partial charge in [0.2, 0.25) is 10.0 Å². The maximum atomic E-state index is 12.4. The second-order valence-electron chi connectivity index (χ2n) is 5.03. The van der Waals surface area contributed by atoms with Gasteiger partial charge in [-0.2, -0.15) is 0 Å². The summed E-state index contributed by atoms with van der Waals surface area (Å²) in [6.07, 6.45) is 0. The summed E-state index contributed by atoms with van der Waals surface area (Å²) in [5.74, 6) is 0. The Bertz CT molecular complexity index is 729. The van der Waals surface area contributed by atoms with Gasteiger partial charge in [-0.3, -0.25) is 0 Å². The molecule has 0 aliphatic heterocycles. The van der Waals surface area contributed by atoms with Crippen molar-refractivity contribution in [3.63, 3.8) is 0 Å². The van der Waals surface area contributed by atoms with Gasteiger partial charge in [0.05, 0.1) is 4.90 Å². The first-order valence-electron chi connectivity index (χ1n) is 6.90. The van der Waals surface area contributed by atoms with Crippen molar-refractivity contribution in [1.82, 2.24) is 9.62 Å². The van der Waals surface area contributed by atoms with Crippen LogP contribution in [-0.2, 0) is 10.0 Å². The molecular formula is C15H21N3O2S. The molecule has 2 aromatic carbocycles. The summed E-state index contributed by atoms with van der Waals surface area (Å²) in [5.41, 5.74) is 6.36. The molecule has 0 aliphatic carbocycles. The van der Waals surface area contributed by atoms with Crippen LogP contribution in [0.3, 0.4) is 0 Å². The molecule has 0 aromatic heterocycles. The second-order valence-corrected chi connectivity index (χ2v) is 6.77. The van der Waals surface area contributed by atoms with Crippen molar-refractivity contribution in [3.8, 4) is 0 Å². The van der Waals surface area contributed by atoms with E-state index < -0.39 is 10.0 Å². The summed E-state index contributed by atoms with van der Waals surface area (Å²) in [6, 6.07) is 10.4. The van der Waals surface area contributed by atoms with Crippen molar-refractivity contribution in [2.75, 3.05) is 32.4 Å². The van der Waals surface area contributed by atoms with Crippen molar-refractivity contribution >= 4 is 26.5 Å². The van der Waals surface area contributed by atoms with Crippen LogP contribution >= 0.6 is 0 Å². The van der Waals surface area contributed by atoms with Crippen LogP contribution in [0.15, 0.2) is 41.3 Å². The number of anilines is 1. The number of hydrogen-bond acceptors (Lipinski definition) is 4. The van der Waals surface area contributed by atoms with Gasteiger partial charge < -0.3 is 10.6 Å². The van der Waals surface area contributed by atoms with E-state index in [0.29, 0.717) is 29.1 Å². The lowest BCUT2D eigenvalue weighted by Crippen LogP contribution is -2.33. The average molecular weight is 307 g/mol. The van der Waals surface area contributed by atoms with Crippen LogP contribution in [-0.4, -0.2) is 40.0 Å². The number of nitrogens with one attached hydrogen (secondary N) is 1. The number of rotatable bonds is 6. The molecule has 0 aliphatic rings. The van der Waals surface area contributed by atoms with Crippen LogP contribution in [0.5, 0.6) is 0 Å². The van der Waals surface area contributed by atoms with E-state index in [2.05, 4.69) is 4.72 Å². The van der Waals surface area contributed by atoms with Gasteiger partial charge in [-0.25, -0.2) is 13.1 Å². The van der Waals surface area contributed by atoms with Crippen molar-refractivity contribution in [2.24, 2.45) is 0 Å². The maximum absolute atomic E-state index is 12.4. The van der Waals surface area contributed by atoms with Gasteiger partial charge in [0.25, 0.3) is 0 Å². The molecule has 0 bridgehead atoms. The Kier molecular flexibility index (Phi) is 4.82. The molecule has 0 atom stereocenters. The van der Waals surface area contributed by atoms with E-state index in [1.165, 1.54) is 0 Å². The van der Waals surface area contributed by atoms with E-state index in [1.807, 2.05) is 24.9 Å². The van der Waals surface area contributed by atoms with Crippen LogP contribution in [0.25, 0.3) is 10.8 Å². The summed E-state index contributed by atoms with van der Waals surface area (Å²) in [7, 11) is -1.57. The number of fused-ring (bicyclic) bond motifs is 1. The first-order valence-corrected chi connectivity index (χ1v) is 8.39. The molecule has 3 N–H and O–H groups in total. The van der Waals surface area contributed by atoms with E-state index >= 15 is 0 Å². The quantitative estimate of drug-likeness (QED) is 0.796. The van der Waals surface area contributed by atoms with E-state index in [0.717, 1.165) is 11.9 Å². The smallest absolute Gasteiger partial charge is 0.241 e. The zero-order valence-electron chi connectivity index (χ0n) is 12.3. The summed E-state index contributed by atoms with van der Waals surface area (Å²) >= 11 is 0. The lowest BCUT2D eigenvalue weighted by molar-refractivity contribution is 0.358. The lowest BCUT2D eigenvalue weighted by Gasteiger charge is -2.15. The Labute approximate surface area is 125 Å². The monoisotopic (exact) mass is 307 g/mol. The fourth-order valence-corrected chi connectivity index (χ4v) is 3.36. The highest BCUT2D eigenvalue weighted by atomic mass is 32.2. The van der Waals surface area contributed by atoms with Crippen LogP contribution in [0.4, 0.5) is 5.69 Å². The molecule has 0 spiro atoms. The highest BCUT2D eigenvalue weighted by Gasteiger charge is 2.16. The van der Waals surface area contributed by atoms with E-state index in [9.17, 15) is 8.42 Å². The Morgan fingerprint density at radius 3 is 2.71 bits per heavy atom. The predicted molar refractivity (Wildman–Crippen MR) is 86.7 cm³/mol. The number of nitrogens with zero attached hydrogens (tertiary/aromatic N) is 1. The van der Waals surface area contributed by atoms with E-state index in [-0.39, 0.29) is 0 Å². The van der Waals surface area contributed by atoms with Crippen LogP contribution < -0.4 is 10.5 Å². The normalized spacial score (nSPS) is 12.1. The zero-order valence-corrected chi connectivity index (χ0v) is 13.2. The minimum Gasteiger partial charge on any atom is -0.399 e. The fourth-order valence-electron chi connectivity index (χ4n) is 2.11. The van der Waals surface area contributed by atoms with E-state index in [4.69, 9.17) is 5.73 Å². The lowest BCUT2D eigenvalue weighted by atomic mass is 10.1. The van der Waals surface area contributed by atoms with Crippen molar-refractivity contribution < 1.29 is 8.42 Å². The van der Waals surface area contributed by atoms with Gasteiger partial charge in [-0.1, -0.05) is 25.1 Å². The predicted octanol–water partition coefficient (Wildman–Crippen LogP) is 1.65. The molecule has 21 heavy (non-hydrogen) atoms. The van der Waals surface area contributed by atoms with E-state index in [1.54, 1.807) is 30.3 Å². The minimum atomic E-state index is -3.52. The van der Waals surface area contributed by atoms with Gasteiger partial charge in [0.1, 0.15) is 0 Å². The molecule has 0 saturated heterocycles. The largest absolute Gasteiger partial charge is 0.399 e. The van der Waals surface area contributed by atoms with Gasteiger partial charge in [0, 0.05) is 24.2 Å². The Morgan fingerprint density at radius 1 is 1.24 bits per heavy atom. The molecule has 6 heteroatoms. The molecule has 0 saturated carbocycles. The number of sulfonamides is 1. The standard InChI is InChI=1S/C15H21N3O2S/c1-3-18(2)10-9-17-21(19,20)15-6-4-5-12-11-13(16)7-8-14(12)15/h4-8,11,17H,3,9-10,16H2,1-2H3. The molecule has 5 nitrogen and oxygen atoms in total. The SMILES string of the molecule is CCN(C)CCNS(=O)(=O)c1cccc2cc(N)ccc12. The Balaban J connectivity index is 2.28. The molecular weight excluding hydrogens is 286 g/mol. The molecule has 0 radical (unpaired) electrons. The van der Waals surface area contributed by atoms with Crippen LogP contribution in [0, 0.1) is 0 Å². The summed E-state index contributed by atoms with van der Waals surface area (Å²) < 4.78 is 27.5. The van der Waals surface area contributed by atoms with Crippen LogP contribution in [0.2, 0.25) is 0 Å². The van der Waals surface area contributed by atoms with Crippen molar-refractivity contribution in [3.05, 3.63) is 36.4 Å². The number of hydrogen-bond donors (Lipinski definition) is 2. The molecule has 2 rings (SSSR count). The van der Waals surface area contributed by atoms with Crippen molar-refractivity contribution in [2.45, 2.75) is 11.8 Å². The Morgan fingerprint density at radius 2 is 2.00 bits per heavy atom. The number of benzene rings is 2. The zero-order chi connectivity index (χ0) is 15.5. The minimum absolute atomic E-state index is 0.291. The Hall–Kier alpha value is -1.63. The topological polar surface area (TPSA) is 75.4 Å². The molecule has 0 unspecified atom stereocenters.